The molecule has 31 heavy (non-hydrogen) atoms. The normalized spacial score (nSPS) is 15.2. The van der Waals surface area contributed by atoms with Crippen LogP contribution in [0.1, 0.15) is 56.3 Å². The lowest BCUT2D eigenvalue weighted by atomic mass is 9.79. The fourth-order valence-corrected chi connectivity index (χ4v) is 4.49. The Kier molecular flexibility index (Phi) is 7.45. The van der Waals surface area contributed by atoms with Crippen molar-refractivity contribution in [1.29, 1.82) is 0 Å². The van der Waals surface area contributed by atoms with E-state index < -0.39 is 0 Å². The first-order valence-electron chi connectivity index (χ1n) is 10.3. The molecule has 1 aromatic heterocycles. The third-order valence-electron chi connectivity index (χ3n) is 5.92. The van der Waals surface area contributed by atoms with Gasteiger partial charge in [-0.25, -0.2) is 0 Å². The number of ketones is 2. The van der Waals surface area contributed by atoms with Gasteiger partial charge in [0.1, 0.15) is 0 Å². The molecule has 1 atom stereocenters. The Bertz CT molecular complexity index is 1140. The number of benzene rings is 2. The zero-order valence-corrected chi connectivity index (χ0v) is 20.0. The molecule has 0 saturated carbocycles. The van der Waals surface area contributed by atoms with E-state index in [0.29, 0.717) is 23.6 Å². The third kappa shape index (κ3) is 5.13. The van der Waals surface area contributed by atoms with Crippen LogP contribution in [0.2, 0.25) is 5.02 Å². The predicted molar refractivity (Wildman–Crippen MR) is 118 cm³/mol. The molecule has 0 bridgehead atoms. The van der Waals surface area contributed by atoms with Crippen LogP contribution in [0.25, 0.3) is 0 Å². The number of carbonyl (C=O) groups excluding carboxylic acids is 2. The summed E-state index contributed by atoms with van der Waals surface area (Å²) in [7, 11) is 0. The van der Waals surface area contributed by atoms with E-state index in [2.05, 4.69) is 13.0 Å². The average molecular weight is 499 g/mol. The second-order valence-electron chi connectivity index (χ2n) is 8.17. The lowest BCUT2D eigenvalue weighted by molar-refractivity contribution is -0.688. The van der Waals surface area contributed by atoms with Gasteiger partial charge in [-0.2, -0.15) is 4.57 Å². The molecule has 3 nitrogen and oxygen atoms in total. The molecule has 0 saturated heterocycles. The molecule has 160 valence electrons. The van der Waals surface area contributed by atoms with Crippen molar-refractivity contribution in [3.8, 4) is 0 Å². The molecule has 0 N–H and O–H groups in total. The summed E-state index contributed by atoms with van der Waals surface area (Å²) in [6, 6.07) is 15.8. The number of hydrogen-bond acceptors (Lipinski definition) is 2. The highest BCUT2D eigenvalue weighted by atomic mass is 79.9. The lowest BCUT2D eigenvalue weighted by Crippen LogP contribution is -3.00. The molecular weight excluding hydrogens is 474 g/mol. The van der Waals surface area contributed by atoms with Crippen LogP contribution in [-0.2, 0) is 19.4 Å². The number of rotatable bonds is 5. The standard InChI is InChI=1S/C26H25ClNO2.BrH/c1-17-7-10-23-19(13-17)8-9-21(26(23)30)14-20-11-12-28(16-24(20)18(2)29)15-22-5-3-4-6-25(22)27;/h3-7,10-13,16,21H,8-9,14-15H2,1-2H3;1H/q+1;/p-1. The van der Waals surface area contributed by atoms with Crippen molar-refractivity contribution in [1.82, 2.24) is 0 Å². The molecule has 3 aromatic rings. The topological polar surface area (TPSA) is 38.0 Å². The van der Waals surface area contributed by atoms with Gasteiger partial charge in [-0.15, -0.1) is 0 Å². The smallest absolute Gasteiger partial charge is 0.180 e. The Labute approximate surface area is 198 Å². The van der Waals surface area contributed by atoms with Crippen molar-refractivity contribution in [2.24, 2.45) is 5.92 Å². The Hall–Kier alpha value is -2.30. The summed E-state index contributed by atoms with van der Waals surface area (Å²) >= 11 is 6.29. The molecule has 5 heteroatoms. The third-order valence-corrected chi connectivity index (χ3v) is 6.29. The number of carbonyl (C=O) groups is 2. The Balaban J connectivity index is 0.00000272. The average Bonchev–Trinajstić information content (AvgIpc) is 2.72. The van der Waals surface area contributed by atoms with E-state index in [-0.39, 0.29) is 34.5 Å². The number of halogens is 2. The zero-order chi connectivity index (χ0) is 21.3. The number of Topliss-reactive ketones (excluding diaryl/α,β-unsaturated/α-hetero) is 2. The fraction of sp³-hybridized carbons (Fsp3) is 0.269. The number of pyridine rings is 1. The maximum absolute atomic E-state index is 13.1. The van der Waals surface area contributed by atoms with Crippen LogP contribution in [0.5, 0.6) is 0 Å². The zero-order valence-electron chi connectivity index (χ0n) is 17.7. The van der Waals surface area contributed by atoms with Gasteiger partial charge in [0.05, 0.1) is 10.6 Å². The van der Waals surface area contributed by atoms with Crippen LogP contribution in [0, 0.1) is 12.8 Å². The quantitative estimate of drug-likeness (QED) is 0.399. The summed E-state index contributed by atoms with van der Waals surface area (Å²) < 4.78 is 1.97. The number of fused-ring (bicyclic) bond motifs is 1. The number of nitrogens with zero attached hydrogens (tertiary/aromatic N) is 1. The second-order valence-corrected chi connectivity index (χ2v) is 8.58. The first-order valence-corrected chi connectivity index (χ1v) is 10.7. The van der Waals surface area contributed by atoms with Crippen LogP contribution in [0.3, 0.4) is 0 Å². The van der Waals surface area contributed by atoms with E-state index in [0.717, 1.165) is 35.1 Å². The fourth-order valence-electron chi connectivity index (χ4n) is 4.29. The summed E-state index contributed by atoms with van der Waals surface area (Å²) in [4.78, 5) is 25.4. The van der Waals surface area contributed by atoms with Crippen molar-refractivity contribution in [2.45, 2.75) is 39.7 Å². The number of aromatic nitrogens is 1. The summed E-state index contributed by atoms with van der Waals surface area (Å²) in [5, 5.41) is 0.708. The lowest BCUT2D eigenvalue weighted by Gasteiger charge is -2.24. The first kappa shape index (κ1) is 23.4. The molecular formula is C26H25BrClNO2. The SMILES string of the molecule is CC(=O)c1c[n+](Cc2ccccc2Cl)ccc1CC1CCc2cc(C)ccc2C1=O.[Br-]. The van der Waals surface area contributed by atoms with Gasteiger partial charge >= 0.3 is 0 Å². The van der Waals surface area contributed by atoms with Gasteiger partial charge in [0, 0.05) is 23.1 Å². The summed E-state index contributed by atoms with van der Waals surface area (Å²) in [5.41, 5.74) is 5.78. The van der Waals surface area contributed by atoms with Crippen LogP contribution in [0.15, 0.2) is 60.9 Å². The molecule has 2 aromatic carbocycles. The van der Waals surface area contributed by atoms with E-state index >= 15 is 0 Å². The maximum Gasteiger partial charge on any atom is 0.180 e. The number of hydrogen-bond donors (Lipinski definition) is 0. The number of aryl methyl sites for hydroxylation is 2. The highest BCUT2D eigenvalue weighted by Crippen LogP contribution is 2.29. The van der Waals surface area contributed by atoms with Crippen molar-refractivity contribution < 1.29 is 31.1 Å². The van der Waals surface area contributed by atoms with Gasteiger partial charge in [-0.3, -0.25) is 9.59 Å². The van der Waals surface area contributed by atoms with Gasteiger partial charge in [0.2, 0.25) is 0 Å². The van der Waals surface area contributed by atoms with E-state index in [1.165, 1.54) is 5.56 Å². The van der Waals surface area contributed by atoms with Crippen LogP contribution in [0.4, 0.5) is 0 Å². The molecule has 1 unspecified atom stereocenters. The highest BCUT2D eigenvalue weighted by molar-refractivity contribution is 6.31. The second kappa shape index (κ2) is 9.88. The van der Waals surface area contributed by atoms with E-state index in [1.54, 1.807) is 6.92 Å². The van der Waals surface area contributed by atoms with Gasteiger partial charge in [0.15, 0.2) is 30.5 Å². The Morgan fingerprint density at radius 2 is 1.90 bits per heavy atom. The minimum atomic E-state index is -0.0854. The van der Waals surface area contributed by atoms with Gasteiger partial charge in [-0.05, 0) is 50.3 Å². The van der Waals surface area contributed by atoms with Crippen molar-refractivity contribution >= 4 is 23.2 Å². The van der Waals surface area contributed by atoms with Crippen LogP contribution < -0.4 is 21.5 Å². The summed E-state index contributed by atoms with van der Waals surface area (Å²) in [6.07, 6.45) is 6.17. The molecule has 0 spiro atoms. The molecule has 0 fully saturated rings. The van der Waals surface area contributed by atoms with E-state index in [9.17, 15) is 9.59 Å². The minimum Gasteiger partial charge on any atom is -1.00 e. The van der Waals surface area contributed by atoms with Crippen molar-refractivity contribution in [2.75, 3.05) is 0 Å². The Morgan fingerprint density at radius 3 is 2.65 bits per heavy atom. The van der Waals surface area contributed by atoms with Crippen LogP contribution >= 0.6 is 11.6 Å². The van der Waals surface area contributed by atoms with Crippen molar-refractivity contribution in [3.05, 3.63) is 99.3 Å². The summed E-state index contributed by atoms with van der Waals surface area (Å²) in [6.45, 7) is 4.23. The van der Waals surface area contributed by atoms with E-state index in [4.69, 9.17) is 11.6 Å². The molecule has 0 amide bonds. The molecule has 4 rings (SSSR count). The van der Waals surface area contributed by atoms with Gasteiger partial charge in [-0.1, -0.05) is 53.6 Å². The van der Waals surface area contributed by atoms with Crippen LogP contribution in [-0.4, -0.2) is 11.6 Å². The highest BCUT2D eigenvalue weighted by Gasteiger charge is 2.29. The molecule has 1 heterocycles. The van der Waals surface area contributed by atoms with Gasteiger partial charge in [0.25, 0.3) is 0 Å². The predicted octanol–water partition coefficient (Wildman–Crippen LogP) is 2.18. The minimum absolute atomic E-state index is 0. The Morgan fingerprint density at radius 1 is 1.13 bits per heavy atom. The molecule has 0 radical (unpaired) electrons. The monoisotopic (exact) mass is 497 g/mol. The molecule has 0 aliphatic heterocycles. The largest absolute Gasteiger partial charge is 1.00 e. The first-order chi connectivity index (χ1) is 14.4. The summed E-state index contributed by atoms with van der Waals surface area (Å²) in [5.74, 6) is 0.120. The maximum atomic E-state index is 13.1. The van der Waals surface area contributed by atoms with Crippen molar-refractivity contribution in [3.63, 3.8) is 0 Å². The van der Waals surface area contributed by atoms with Gasteiger partial charge < -0.3 is 17.0 Å². The van der Waals surface area contributed by atoms with E-state index in [1.807, 2.05) is 59.4 Å². The molecule has 1 aliphatic carbocycles. The molecule has 1 aliphatic rings.